The van der Waals surface area contributed by atoms with Crippen molar-refractivity contribution < 1.29 is 38.9 Å². The van der Waals surface area contributed by atoms with Crippen LogP contribution in [0.15, 0.2) is 66.7 Å². The van der Waals surface area contributed by atoms with Gasteiger partial charge in [-0.3, -0.25) is 14.2 Å². The van der Waals surface area contributed by atoms with Gasteiger partial charge in [-0.1, -0.05) is 54.6 Å². The van der Waals surface area contributed by atoms with Gasteiger partial charge < -0.3 is 24.5 Å². The van der Waals surface area contributed by atoms with Crippen LogP contribution < -0.4 is 10.1 Å². The zero-order valence-corrected chi connectivity index (χ0v) is 27.3. The predicted octanol–water partition coefficient (Wildman–Crippen LogP) is 3.56. The molecule has 1 atom stereocenters. The van der Waals surface area contributed by atoms with E-state index in [1.54, 1.807) is 18.2 Å². The number of esters is 1. The average Bonchev–Trinajstić information content (AvgIpc) is 3.78. The second-order valence-electron chi connectivity index (χ2n) is 10.9. The van der Waals surface area contributed by atoms with E-state index in [1.165, 1.54) is 0 Å². The van der Waals surface area contributed by atoms with Crippen LogP contribution in [0.2, 0.25) is 0 Å². The van der Waals surface area contributed by atoms with Gasteiger partial charge in [0.2, 0.25) is 5.82 Å². The summed E-state index contributed by atoms with van der Waals surface area (Å²) in [4.78, 5) is 59.6. The van der Waals surface area contributed by atoms with Crippen LogP contribution in [-0.4, -0.2) is 84.7 Å². The SMILES string of the molecule is CCOc1nc2cccc(C(=O)NCCOC(=O)CCCC(CO[N+](=O)[O-])O[N+](=O)[O-])c2n1Cc1ccc(-c2ccccc2-c2nn[nH]n2)cc1. The molecule has 51 heavy (non-hydrogen) atoms. The molecule has 2 aromatic heterocycles. The number of aromatic nitrogens is 6. The third-order valence-corrected chi connectivity index (χ3v) is 7.53. The molecule has 0 saturated carbocycles. The number of nitrogens with zero attached hydrogens (tertiary/aromatic N) is 7. The third kappa shape index (κ3) is 9.49. The van der Waals surface area contributed by atoms with Crippen LogP contribution in [0.4, 0.5) is 0 Å². The number of tetrazole rings is 1. The van der Waals surface area contributed by atoms with Gasteiger partial charge in [-0.15, -0.1) is 30.4 Å². The van der Waals surface area contributed by atoms with Crippen molar-refractivity contribution in [3.05, 3.63) is 98.1 Å². The summed E-state index contributed by atoms with van der Waals surface area (Å²) in [6.07, 6.45) is -1.31. The molecule has 1 unspecified atom stereocenters. The van der Waals surface area contributed by atoms with Crippen LogP contribution in [0.25, 0.3) is 33.5 Å². The molecule has 0 bridgehead atoms. The second kappa shape index (κ2) is 17.1. The van der Waals surface area contributed by atoms with Crippen molar-refractivity contribution in [1.82, 2.24) is 35.5 Å². The lowest BCUT2D eigenvalue weighted by molar-refractivity contribution is -0.790. The lowest BCUT2D eigenvalue weighted by Gasteiger charge is -2.13. The molecule has 2 N–H and O–H groups in total. The Morgan fingerprint density at radius 2 is 1.78 bits per heavy atom. The van der Waals surface area contributed by atoms with Gasteiger partial charge >= 0.3 is 5.97 Å². The number of aromatic amines is 1. The minimum atomic E-state index is -1.22. The lowest BCUT2D eigenvalue weighted by atomic mass is 9.98. The Morgan fingerprint density at radius 3 is 2.49 bits per heavy atom. The molecule has 0 saturated heterocycles. The van der Waals surface area contributed by atoms with Gasteiger partial charge in [0.25, 0.3) is 22.1 Å². The normalized spacial score (nSPS) is 11.5. The molecule has 5 rings (SSSR count). The number of carbonyl (C=O) groups is 2. The van der Waals surface area contributed by atoms with E-state index in [9.17, 15) is 29.8 Å². The maximum absolute atomic E-state index is 13.4. The number of hydrogen-bond acceptors (Lipinski definition) is 14. The molecule has 0 spiro atoms. The number of benzene rings is 3. The van der Waals surface area contributed by atoms with Gasteiger partial charge in [-0.25, -0.2) is 0 Å². The molecule has 0 aliphatic rings. The highest BCUT2D eigenvalue weighted by molar-refractivity contribution is 6.05. The quantitative estimate of drug-likeness (QED) is 0.0541. The van der Waals surface area contributed by atoms with Crippen molar-refractivity contribution in [2.75, 3.05) is 26.4 Å². The molecule has 1 amide bonds. The molecule has 5 aromatic rings. The Bertz CT molecular complexity index is 1970. The summed E-state index contributed by atoms with van der Waals surface area (Å²) in [6.45, 7) is 1.77. The van der Waals surface area contributed by atoms with Gasteiger partial charge in [0.05, 0.1) is 36.3 Å². The zero-order valence-electron chi connectivity index (χ0n) is 27.3. The summed E-state index contributed by atoms with van der Waals surface area (Å²) in [5, 5.41) is 35.9. The maximum atomic E-state index is 13.4. The zero-order chi connectivity index (χ0) is 36.2. The Balaban J connectivity index is 1.21. The fourth-order valence-corrected chi connectivity index (χ4v) is 5.31. The van der Waals surface area contributed by atoms with E-state index in [1.807, 2.05) is 60.0 Å². The van der Waals surface area contributed by atoms with Gasteiger partial charge in [0.1, 0.15) is 19.3 Å². The molecule has 0 aliphatic carbocycles. The lowest BCUT2D eigenvalue weighted by Crippen LogP contribution is -2.28. The van der Waals surface area contributed by atoms with Crippen molar-refractivity contribution >= 4 is 22.9 Å². The van der Waals surface area contributed by atoms with Crippen LogP contribution in [0, 0.1) is 20.2 Å². The summed E-state index contributed by atoms with van der Waals surface area (Å²) >= 11 is 0. The Labute approximate surface area is 289 Å². The Hall–Kier alpha value is -6.66. The standard InChI is InChI=1S/C32H33N9O10/c1-2-48-32-34-27-11-6-10-26(31(43)33-17-18-49-28(42)12-5-7-23(51-41(46)47)20-50-40(44)45)29(27)39(32)19-21-13-15-22(16-14-21)24-8-3-4-9-25(24)30-35-37-38-36-30/h3-4,6,8-11,13-16,23H,2,5,7,12,17-20H2,1H3,(H,33,43)(H,35,36,37,38). The average molecular weight is 704 g/mol. The molecule has 2 heterocycles. The summed E-state index contributed by atoms with van der Waals surface area (Å²) < 4.78 is 12.9. The second-order valence-corrected chi connectivity index (χ2v) is 10.9. The minimum absolute atomic E-state index is 0.00391. The number of imidazole rings is 1. The first-order chi connectivity index (χ1) is 24.7. The van der Waals surface area contributed by atoms with E-state index in [0.29, 0.717) is 41.6 Å². The van der Waals surface area contributed by atoms with Gasteiger partial charge in [-0.05, 0) is 53.8 Å². The van der Waals surface area contributed by atoms with E-state index in [-0.39, 0.29) is 32.4 Å². The summed E-state index contributed by atoms with van der Waals surface area (Å²) in [5.74, 6) is -0.550. The fraction of sp³-hybridized carbons (Fsp3) is 0.312. The number of nitrogens with one attached hydrogen (secondary N) is 2. The number of carbonyl (C=O) groups excluding carboxylic acids is 2. The van der Waals surface area contributed by atoms with Crippen LogP contribution in [0.3, 0.4) is 0 Å². The minimum Gasteiger partial charge on any atom is -0.465 e. The molecule has 0 radical (unpaired) electrons. The van der Waals surface area contributed by atoms with Crippen LogP contribution in [-0.2, 0) is 25.8 Å². The molecule has 266 valence electrons. The van der Waals surface area contributed by atoms with Crippen LogP contribution in [0.5, 0.6) is 6.01 Å². The molecular weight excluding hydrogens is 670 g/mol. The number of hydrogen-bond donors (Lipinski definition) is 2. The monoisotopic (exact) mass is 703 g/mol. The molecule has 0 aliphatic heterocycles. The molecule has 0 fully saturated rings. The van der Waals surface area contributed by atoms with E-state index in [4.69, 9.17) is 9.47 Å². The Kier molecular flexibility index (Phi) is 12.0. The highest BCUT2D eigenvalue weighted by Crippen LogP contribution is 2.31. The number of rotatable bonds is 19. The van der Waals surface area contributed by atoms with Gasteiger partial charge in [0.15, 0.2) is 0 Å². The van der Waals surface area contributed by atoms with E-state index >= 15 is 0 Å². The van der Waals surface area contributed by atoms with E-state index in [2.05, 4.69) is 40.6 Å². The van der Waals surface area contributed by atoms with E-state index < -0.39 is 34.8 Å². The number of H-pyrrole nitrogens is 1. The number of para-hydroxylation sites is 1. The van der Waals surface area contributed by atoms with Gasteiger partial charge in [0, 0.05) is 12.0 Å². The Morgan fingerprint density at radius 1 is 1.00 bits per heavy atom. The first-order valence-corrected chi connectivity index (χ1v) is 15.8. The van der Waals surface area contributed by atoms with Crippen molar-refractivity contribution in [2.45, 2.75) is 38.8 Å². The maximum Gasteiger partial charge on any atom is 0.305 e. The first-order valence-electron chi connectivity index (χ1n) is 15.8. The number of fused-ring (bicyclic) bond motifs is 1. The van der Waals surface area contributed by atoms with Crippen LogP contribution >= 0.6 is 0 Å². The predicted molar refractivity (Wildman–Crippen MR) is 177 cm³/mol. The molecular formula is C32H33N9O10. The fourth-order valence-electron chi connectivity index (χ4n) is 5.31. The summed E-state index contributed by atoms with van der Waals surface area (Å²) in [5.41, 5.74) is 5.13. The van der Waals surface area contributed by atoms with Crippen molar-refractivity contribution in [3.63, 3.8) is 0 Å². The molecule has 19 nitrogen and oxygen atoms in total. The largest absolute Gasteiger partial charge is 0.465 e. The first kappa shape index (κ1) is 35.6. The molecule has 19 heteroatoms. The highest BCUT2D eigenvalue weighted by Gasteiger charge is 2.20. The summed E-state index contributed by atoms with van der Waals surface area (Å²) in [7, 11) is 0. The van der Waals surface area contributed by atoms with Crippen molar-refractivity contribution in [2.24, 2.45) is 0 Å². The smallest absolute Gasteiger partial charge is 0.305 e. The van der Waals surface area contributed by atoms with E-state index in [0.717, 1.165) is 22.3 Å². The highest BCUT2D eigenvalue weighted by atomic mass is 17.0. The van der Waals surface area contributed by atoms with Crippen molar-refractivity contribution in [1.29, 1.82) is 0 Å². The topological polar surface area (TPSA) is 242 Å². The summed E-state index contributed by atoms with van der Waals surface area (Å²) in [6, 6.07) is 21.2. The van der Waals surface area contributed by atoms with Crippen molar-refractivity contribution in [3.8, 4) is 28.5 Å². The van der Waals surface area contributed by atoms with Gasteiger partial charge in [-0.2, -0.15) is 10.2 Å². The third-order valence-electron chi connectivity index (χ3n) is 7.53. The van der Waals surface area contributed by atoms with Crippen LogP contribution in [0.1, 0.15) is 42.1 Å². The number of ether oxygens (including phenoxy) is 2. The molecule has 3 aromatic carbocycles. The number of amides is 1.